The zero-order chi connectivity index (χ0) is 18.8. The van der Waals surface area contributed by atoms with E-state index >= 15 is 0 Å². The second kappa shape index (κ2) is 7.72. The molecular formula is C21H29N5O. The van der Waals surface area contributed by atoms with E-state index in [1.807, 2.05) is 17.8 Å². The molecule has 2 aliphatic rings. The van der Waals surface area contributed by atoms with Crippen LogP contribution in [0.25, 0.3) is 0 Å². The molecule has 1 N–H and O–H groups in total. The molecule has 1 atom stereocenters. The minimum atomic E-state index is 0.0473. The van der Waals surface area contributed by atoms with Gasteiger partial charge in [0.2, 0.25) is 5.91 Å². The molecule has 1 aliphatic heterocycles. The van der Waals surface area contributed by atoms with Gasteiger partial charge in [-0.15, -0.1) is 0 Å². The maximum Gasteiger partial charge on any atom is 0.234 e. The average molecular weight is 367 g/mol. The number of hydrogen-bond donors (Lipinski definition) is 1. The van der Waals surface area contributed by atoms with Gasteiger partial charge in [-0.25, -0.2) is 4.98 Å². The first-order valence-corrected chi connectivity index (χ1v) is 9.91. The van der Waals surface area contributed by atoms with Crippen LogP contribution in [0.5, 0.6) is 0 Å². The molecule has 0 bridgehead atoms. The molecule has 6 heteroatoms. The summed E-state index contributed by atoms with van der Waals surface area (Å²) in [6, 6.07) is 8.69. The van der Waals surface area contributed by atoms with Crippen LogP contribution in [0.2, 0.25) is 0 Å². The maximum absolute atomic E-state index is 12.7. The Hall–Kier alpha value is -2.34. The van der Waals surface area contributed by atoms with E-state index < -0.39 is 0 Å². The van der Waals surface area contributed by atoms with Crippen LogP contribution in [0.4, 0.5) is 5.69 Å². The van der Waals surface area contributed by atoms with Crippen molar-refractivity contribution in [1.29, 1.82) is 0 Å². The summed E-state index contributed by atoms with van der Waals surface area (Å²) in [5.41, 5.74) is 2.57. The highest BCUT2D eigenvalue weighted by atomic mass is 16.2. The van der Waals surface area contributed by atoms with Crippen LogP contribution in [0.1, 0.15) is 30.3 Å². The zero-order valence-corrected chi connectivity index (χ0v) is 16.3. The molecule has 1 saturated heterocycles. The largest absolute Gasteiger partial charge is 0.369 e. The van der Waals surface area contributed by atoms with Gasteiger partial charge in [0.1, 0.15) is 5.82 Å². The molecule has 2 aromatic rings. The number of anilines is 1. The summed E-state index contributed by atoms with van der Waals surface area (Å²) in [5, 5.41) is 3.24. The minimum absolute atomic E-state index is 0.0473. The van der Waals surface area contributed by atoms with Crippen molar-refractivity contribution < 1.29 is 4.79 Å². The fourth-order valence-corrected chi connectivity index (χ4v) is 3.91. The summed E-state index contributed by atoms with van der Waals surface area (Å²) in [6.45, 7) is 6.34. The van der Waals surface area contributed by atoms with Crippen LogP contribution in [0, 0.1) is 12.8 Å². The summed E-state index contributed by atoms with van der Waals surface area (Å²) < 4.78 is 2.02. The van der Waals surface area contributed by atoms with Gasteiger partial charge in [0.25, 0.3) is 0 Å². The molecule has 27 heavy (non-hydrogen) atoms. The molecule has 4 rings (SSSR count). The van der Waals surface area contributed by atoms with E-state index in [1.54, 1.807) is 6.20 Å². The van der Waals surface area contributed by atoms with Crippen molar-refractivity contribution in [3.63, 3.8) is 0 Å². The number of carbonyl (C=O) groups excluding carboxylic acids is 1. The summed E-state index contributed by atoms with van der Waals surface area (Å²) in [7, 11) is 1.99. The van der Waals surface area contributed by atoms with Crippen LogP contribution in [0.3, 0.4) is 0 Å². The van der Waals surface area contributed by atoms with E-state index in [0.717, 1.165) is 32.0 Å². The van der Waals surface area contributed by atoms with E-state index in [1.165, 1.54) is 24.1 Å². The zero-order valence-electron chi connectivity index (χ0n) is 16.3. The SMILES string of the molecule is Cc1cccc(N2CCN(CC(=O)N[C@H](c3nccn3C)C3CC3)CC2)c1. The number of benzene rings is 1. The highest BCUT2D eigenvalue weighted by Gasteiger charge is 2.36. The van der Waals surface area contributed by atoms with E-state index in [-0.39, 0.29) is 11.9 Å². The van der Waals surface area contributed by atoms with E-state index in [9.17, 15) is 4.79 Å². The van der Waals surface area contributed by atoms with Crippen molar-refractivity contribution in [2.45, 2.75) is 25.8 Å². The van der Waals surface area contributed by atoms with Crippen LogP contribution in [-0.2, 0) is 11.8 Å². The molecule has 0 unspecified atom stereocenters. The molecule has 144 valence electrons. The van der Waals surface area contributed by atoms with Gasteiger partial charge in [-0.05, 0) is 43.4 Å². The molecule has 1 aliphatic carbocycles. The van der Waals surface area contributed by atoms with Crippen molar-refractivity contribution in [3.8, 4) is 0 Å². The number of nitrogens with zero attached hydrogens (tertiary/aromatic N) is 4. The second-order valence-electron chi connectivity index (χ2n) is 7.88. The third-order valence-electron chi connectivity index (χ3n) is 5.65. The third kappa shape index (κ3) is 4.33. The maximum atomic E-state index is 12.7. The molecular weight excluding hydrogens is 338 g/mol. The van der Waals surface area contributed by atoms with Crippen LogP contribution in [-0.4, -0.2) is 53.1 Å². The Balaban J connectivity index is 1.30. The Morgan fingerprint density at radius 3 is 2.67 bits per heavy atom. The van der Waals surface area contributed by atoms with Crippen LogP contribution >= 0.6 is 0 Å². The van der Waals surface area contributed by atoms with Gasteiger partial charge in [0.15, 0.2) is 0 Å². The lowest BCUT2D eigenvalue weighted by Gasteiger charge is -2.36. The number of amides is 1. The predicted octanol–water partition coefficient (Wildman–Crippen LogP) is 2.12. The summed E-state index contributed by atoms with van der Waals surface area (Å²) in [4.78, 5) is 21.8. The quantitative estimate of drug-likeness (QED) is 0.850. The lowest BCUT2D eigenvalue weighted by atomic mass is 10.1. The van der Waals surface area contributed by atoms with Crippen LogP contribution in [0.15, 0.2) is 36.7 Å². The second-order valence-corrected chi connectivity index (χ2v) is 7.88. The molecule has 6 nitrogen and oxygen atoms in total. The van der Waals surface area contributed by atoms with Crippen LogP contribution < -0.4 is 10.2 Å². The van der Waals surface area contributed by atoms with Gasteiger partial charge in [-0.2, -0.15) is 0 Å². The predicted molar refractivity (Wildman–Crippen MR) is 107 cm³/mol. The third-order valence-corrected chi connectivity index (χ3v) is 5.65. The Labute approximate surface area is 161 Å². The molecule has 1 aromatic carbocycles. The first kappa shape index (κ1) is 18.0. The monoisotopic (exact) mass is 367 g/mol. The van der Waals surface area contributed by atoms with Crippen molar-refractivity contribution in [2.24, 2.45) is 13.0 Å². The lowest BCUT2D eigenvalue weighted by Crippen LogP contribution is -2.50. The minimum Gasteiger partial charge on any atom is -0.369 e. The van der Waals surface area contributed by atoms with Gasteiger partial charge in [-0.1, -0.05) is 12.1 Å². The van der Waals surface area contributed by atoms with Gasteiger partial charge in [0.05, 0.1) is 12.6 Å². The molecule has 0 spiro atoms. The normalized spacial score (nSPS) is 19.1. The van der Waals surface area contributed by atoms with Gasteiger partial charge in [0, 0.05) is 51.3 Å². The van der Waals surface area contributed by atoms with E-state index in [0.29, 0.717) is 12.5 Å². The molecule has 1 aromatic heterocycles. The molecule has 0 radical (unpaired) electrons. The van der Waals surface area contributed by atoms with Crippen molar-refractivity contribution in [3.05, 3.63) is 48.0 Å². The van der Waals surface area contributed by atoms with Crippen molar-refractivity contribution in [1.82, 2.24) is 19.8 Å². The Morgan fingerprint density at radius 2 is 2.04 bits per heavy atom. The van der Waals surface area contributed by atoms with Gasteiger partial charge < -0.3 is 14.8 Å². The standard InChI is InChI=1S/C21H29N5O/c1-16-4-3-5-18(14-16)26-12-10-25(11-13-26)15-19(27)23-20(17-6-7-17)21-22-8-9-24(21)2/h3-5,8-9,14,17,20H,6-7,10-13,15H2,1-2H3,(H,23,27)/t20-/m0/s1. The molecule has 1 saturated carbocycles. The van der Waals surface area contributed by atoms with E-state index in [2.05, 4.69) is 51.3 Å². The van der Waals surface area contributed by atoms with E-state index in [4.69, 9.17) is 0 Å². The number of rotatable bonds is 6. The number of nitrogens with one attached hydrogen (secondary N) is 1. The Morgan fingerprint density at radius 1 is 1.26 bits per heavy atom. The average Bonchev–Trinajstić information content (AvgIpc) is 3.41. The summed E-state index contributed by atoms with van der Waals surface area (Å²) >= 11 is 0. The summed E-state index contributed by atoms with van der Waals surface area (Å²) in [5.74, 6) is 1.61. The number of imidazole rings is 1. The number of aryl methyl sites for hydroxylation is 2. The number of aromatic nitrogens is 2. The Kier molecular flexibility index (Phi) is 5.16. The fourth-order valence-electron chi connectivity index (χ4n) is 3.91. The highest BCUT2D eigenvalue weighted by Crippen LogP contribution is 2.40. The number of carbonyl (C=O) groups is 1. The fraction of sp³-hybridized carbons (Fsp3) is 0.524. The highest BCUT2D eigenvalue weighted by molar-refractivity contribution is 5.78. The van der Waals surface area contributed by atoms with Crippen molar-refractivity contribution >= 4 is 11.6 Å². The van der Waals surface area contributed by atoms with Gasteiger partial charge in [-0.3, -0.25) is 9.69 Å². The lowest BCUT2D eigenvalue weighted by molar-refractivity contribution is -0.123. The first-order valence-electron chi connectivity index (χ1n) is 9.91. The molecule has 1 amide bonds. The topological polar surface area (TPSA) is 53.4 Å². The summed E-state index contributed by atoms with van der Waals surface area (Å²) in [6.07, 6.45) is 6.10. The van der Waals surface area contributed by atoms with Crippen molar-refractivity contribution in [2.75, 3.05) is 37.6 Å². The first-order chi connectivity index (χ1) is 13.1. The molecule has 2 fully saturated rings. The Bertz CT molecular complexity index is 789. The molecule has 2 heterocycles. The number of hydrogen-bond acceptors (Lipinski definition) is 4. The van der Waals surface area contributed by atoms with Gasteiger partial charge >= 0.3 is 0 Å². The smallest absolute Gasteiger partial charge is 0.234 e. The number of piperazine rings is 1.